The summed E-state index contributed by atoms with van der Waals surface area (Å²) in [7, 11) is 1.38. The molecule has 1 aliphatic rings. The van der Waals surface area contributed by atoms with Gasteiger partial charge in [0.1, 0.15) is 5.00 Å². The maximum absolute atomic E-state index is 12.7. The molecule has 1 aromatic carbocycles. The molecular weight excluding hydrogens is 334 g/mol. The highest BCUT2D eigenvalue weighted by atomic mass is 32.1. The number of fused-ring (bicyclic) bond motifs is 1. The van der Waals surface area contributed by atoms with Crippen LogP contribution >= 0.6 is 11.3 Å². The van der Waals surface area contributed by atoms with Crippen LogP contribution in [0.15, 0.2) is 18.2 Å². The summed E-state index contributed by atoms with van der Waals surface area (Å²) in [4.78, 5) is 26.1. The van der Waals surface area contributed by atoms with Crippen molar-refractivity contribution in [3.05, 3.63) is 50.9 Å². The van der Waals surface area contributed by atoms with Crippen molar-refractivity contribution in [3.8, 4) is 0 Å². The zero-order valence-corrected chi connectivity index (χ0v) is 15.9. The van der Waals surface area contributed by atoms with E-state index >= 15 is 0 Å². The Morgan fingerprint density at radius 2 is 2.00 bits per heavy atom. The summed E-state index contributed by atoms with van der Waals surface area (Å²) in [6.07, 6.45) is 2.86. The molecule has 0 fully saturated rings. The number of aryl methyl sites for hydroxylation is 2. The second-order valence-electron chi connectivity index (χ2n) is 6.80. The summed E-state index contributed by atoms with van der Waals surface area (Å²) in [6.45, 7) is 6.21. The summed E-state index contributed by atoms with van der Waals surface area (Å²) < 4.78 is 4.97. The monoisotopic (exact) mass is 357 g/mol. The smallest absolute Gasteiger partial charge is 0.341 e. The highest BCUT2D eigenvalue weighted by molar-refractivity contribution is 7.17. The third-order valence-electron chi connectivity index (χ3n) is 4.90. The van der Waals surface area contributed by atoms with Gasteiger partial charge in [-0.15, -0.1) is 11.3 Å². The molecule has 0 saturated heterocycles. The lowest BCUT2D eigenvalue weighted by molar-refractivity contribution is 0.0601. The number of methoxy groups -OCH3 is 1. The van der Waals surface area contributed by atoms with E-state index in [9.17, 15) is 9.59 Å². The average molecular weight is 357 g/mol. The van der Waals surface area contributed by atoms with Gasteiger partial charge >= 0.3 is 5.97 Å². The predicted molar refractivity (Wildman–Crippen MR) is 101 cm³/mol. The summed E-state index contributed by atoms with van der Waals surface area (Å²) in [6, 6.07) is 5.62. The first-order valence-corrected chi connectivity index (χ1v) is 9.33. The fraction of sp³-hybridized carbons (Fsp3) is 0.400. The van der Waals surface area contributed by atoms with E-state index in [0.29, 0.717) is 22.0 Å². The largest absolute Gasteiger partial charge is 0.465 e. The van der Waals surface area contributed by atoms with Gasteiger partial charge < -0.3 is 10.1 Å². The zero-order chi connectivity index (χ0) is 18.1. The maximum atomic E-state index is 12.7. The first-order chi connectivity index (χ1) is 11.9. The van der Waals surface area contributed by atoms with Crippen molar-refractivity contribution in [2.75, 3.05) is 12.4 Å². The number of hydrogen-bond acceptors (Lipinski definition) is 4. The number of benzene rings is 1. The van der Waals surface area contributed by atoms with Crippen LogP contribution in [0.1, 0.15) is 55.6 Å². The van der Waals surface area contributed by atoms with Crippen LogP contribution < -0.4 is 5.32 Å². The molecule has 1 heterocycles. The van der Waals surface area contributed by atoms with Gasteiger partial charge in [-0.3, -0.25) is 4.79 Å². The van der Waals surface area contributed by atoms with Gasteiger partial charge in [0.25, 0.3) is 5.91 Å². The maximum Gasteiger partial charge on any atom is 0.341 e. The first-order valence-electron chi connectivity index (χ1n) is 8.52. The lowest BCUT2D eigenvalue weighted by Gasteiger charge is -2.18. The van der Waals surface area contributed by atoms with E-state index in [2.05, 4.69) is 12.2 Å². The van der Waals surface area contributed by atoms with Gasteiger partial charge in [-0.2, -0.15) is 0 Å². The van der Waals surface area contributed by atoms with E-state index in [0.717, 1.165) is 36.0 Å². The van der Waals surface area contributed by atoms with Gasteiger partial charge in [0.05, 0.1) is 12.7 Å². The second-order valence-corrected chi connectivity index (χ2v) is 7.91. The Morgan fingerprint density at radius 3 is 2.68 bits per heavy atom. The second kappa shape index (κ2) is 7.00. The SMILES string of the molecule is COC(=O)c1c(NC(=O)c2ccc(C)c(C)c2)sc2c1CC[C@@H](C)C2. The Bertz CT molecular complexity index is 838. The standard InChI is InChI=1S/C20H23NO3S/c1-11-5-8-15-16(9-11)25-19(17(15)20(23)24-4)21-18(22)14-7-6-12(2)13(3)10-14/h6-7,10-11H,5,8-9H2,1-4H3,(H,21,22)/t11-/m1/s1. The Balaban J connectivity index is 1.95. The number of esters is 1. The van der Waals surface area contributed by atoms with Crippen molar-refractivity contribution >= 4 is 28.2 Å². The number of rotatable bonds is 3. The molecule has 1 aromatic heterocycles. The van der Waals surface area contributed by atoms with Gasteiger partial charge in [0.2, 0.25) is 0 Å². The van der Waals surface area contributed by atoms with Crippen LogP contribution in [0.25, 0.3) is 0 Å². The molecule has 1 amide bonds. The average Bonchev–Trinajstić information content (AvgIpc) is 2.93. The Morgan fingerprint density at radius 1 is 1.24 bits per heavy atom. The quantitative estimate of drug-likeness (QED) is 0.821. The molecule has 0 unspecified atom stereocenters. The van der Waals surface area contributed by atoms with E-state index in [1.807, 2.05) is 32.0 Å². The van der Waals surface area contributed by atoms with Crippen LogP contribution in [-0.4, -0.2) is 19.0 Å². The molecule has 4 nitrogen and oxygen atoms in total. The normalized spacial score (nSPS) is 16.2. The van der Waals surface area contributed by atoms with Crippen LogP contribution in [0, 0.1) is 19.8 Å². The molecule has 0 spiro atoms. The van der Waals surface area contributed by atoms with E-state index in [4.69, 9.17) is 4.74 Å². The molecule has 2 aromatic rings. The van der Waals surface area contributed by atoms with Crippen LogP contribution in [0.4, 0.5) is 5.00 Å². The minimum Gasteiger partial charge on any atom is -0.465 e. The molecular formula is C20H23NO3S. The summed E-state index contributed by atoms with van der Waals surface area (Å²) >= 11 is 1.51. The van der Waals surface area contributed by atoms with Crippen molar-refractivity contribution in [1.29, 1.82) is 0 Å². The molecule has 1 aliphatic carbocycles. The summed E-state index contributed by atoms with van der Waals surface area (Å²) in [5.74, 6) is 0.0299. The highest BCUT2D eigenvalue weighted by Gasteiger charge is 2.29. The van der Waals surface area contributed by atoms with Gasteiger partial charge in [0.15, 0.2) is 0 Å². The number of carbonyl (C=O) groups excluding carboxylic acids is 2. The molecule has 25 heavy (non-hydrogen) atoms. The molecule has 0 bridgehead atoms. The number of nitrogens with one attached hydrogen (secondary N) is 1. The third kappa shape index (κ3) is 3.47. The van der Waals surface area contributed by atoms with Crippen molar-refractivity contribution in [1.82, 2.24) is 0 Å². The third-order valence-corrected chi connectivity index (χ3v) is 6.07. The van der Waals surface area contributed by atoms with Gasteiger partial charge in [-0.05, 0) is 67.9 Å². The molecule has 1 atom stereocenters. The van der Waals surface area contributed by atoms with Crippen LogP contribution in [0.2, 0.25) is 0 Å². The van der Waals surface area contributed by atoms with E-state index < -0.39 is 0 Å². The van der Waals surface area contributed by atoms with Crippen molar-refractivity contribution < 1.29 is 14.3 Å². The number of hydrogen-bond donors (Lipinski definition) is 1. The topological polar surface area (TPSA) is 55.4 Å². The Hall–Kier alpha value is -2.14. The lowest BCUT2D eigenvalue weighted by atomic mass is 9.88. The minimum absolute atomic E-state index is 0.195. The van der Waals surface area contributed by atoms with Crippen LogP contribution in [0.5, 0.6) is 0 Å². The number of amides is 1. The molecule has 0 saturated carbocycles. The highest BCUT2D eigenvalue weighted by Crippen LogP contribution is 2.40. The van der Waals surface area contributed by atoms with Crippen LogP contribution in [-0.2, 0) is 17.6 Å². The molecule has 132 valence electrons. The van der Waals surface area contributed by atoms with Gasteiger partial charge in [0, 0.05) is 10.4 Å². The van der Waals surface area contributed by atoms with E-state index in [-0.39, 0.29) is 11.9 Å². The molecule has 1 N–H and O–H groups in total. The molecule has 0 radical (unpaired) electrons. The zero-order valence-electron chi connectivity index (χ0n) is 15.1. The number of ether oxygens (including phenoxy) is 1. The minimum atomic E-state index is -0.373. The van der Waals surface area contributed by atoms with Crippen molar-refractivity contribution in [2.45, 2.75) is 40.0 Å². The fourth-order valence-electron chi connectivity index (χ4n) is 3.21. The number of anilines is 1. The number of carbonyl (C=O) groups is 2. The van der Waals surface area contributed by atoms with Gasteiger partial charge in [-0.1, -0.05) is 13.0 Å². The first kappa shape index (κ1) is 17.7. The van der Waals surface area contributed by atoms with Crippen LogP contribution in [0.3, 0.4) is 0 Å². The fourth-order valence-corrected chi connectivity index (χ4v) is 4.61. The Kier molecular flexibility index (Phi) is 4.95. The summed E-state index contributed by atoms with van der Waals surface area (Å²) in [5, 5.41) is 3.55. The van der Waals surface area contributed by atoms with E-state index in [1.165, 1.54) is 23.3 Å². The number of thiophene rings is 1. The Labute approximate surface area is 152 Å². The predicted octanol–water partition coefficient (Wildman–Crippen LogP) is 4.53. The molecule has 5 heteroatoms. The molecule has 0 aliphatic heterocycles. The van der Waals surface area contributed by atoms with Crippen molar-refractivity contribution in [2.24, 2.45) is 5.92 Å². The molecule has 3 rings (SSSR count). The van der Waals surface area contributed by atoms with Gasteiger partial charge in [-0.25, -0.2) is 4.79 Å². The summed E-state index contributed by atoms with van der Waals surface area (Å²) in [5.41, 5.74) is 4.39. The van der Waals surface area contributed by atoms with Crippen molar-refractivity contribution in [3.63, 3.8) is 0 Å². The lowest BCUT2D eigenvalue weighted by Crippen LogP contribution is -2.16. The van der Waals surface area contributed by atoms with E-state index in [1.54, 1.807) is 0 Å².